The highest BCUT2D eigenvalue weighted by molar-refractivity contribution is 6.34. The predicted molar refractivity (Wildman–Crippen MR) is 126 cm³/mol. The molecule has 1 aliphatic rings. The average molecular weight is 477 g/mol. The number of benzene rings is 2. The molecule has 0 unspecified atom stereocenters. The molecule has 33 heavy (non-hydrogen) atoms. The summed E-state index contributed by atoms with van der Waals surface area (Å²) in [5.74, 6) is -0.694. The maximum atomic E-state index is 14.2. The molecule has 2 aromatic carbocycles. The van der Waals surface area contributed by atoms with Crippen LogP contribution in [0.3, 0.4) is 0 Å². The Kier molecular flexibility index (Phi) is 7.24. The van der Waals surface area contributed by atoms with E-state index in [2.05, 4.69) is 10.4 Å². The quantitative estimate of drug-likeness (QED) is 0.275. The van der Waals surface area contributed by atoms with E-state index in [9.17, 15) is 19.1 Å². The molecule has 2 amide bonds. The second kappa shape index (κ2) is 9.76. The van der Waals surface area contributed by atoms with Crippen LogP contribution in [0, 0.1) is 5.82 Å². The Morgan fingerprint density at radius 1 is 1.36 bits per heavy atom. The number of hydrogen-bond donors (Lipinski definition) is 2. The Morgan fingerprint density at radius 2 is 2.09 bits per heavy atom. The molecule has 0 saturated heterocycles. The van der Waals surface area contributed by atoms with Gasteiger partial charge in [-0.2, -0.15) is 0 Å². The molecular weight excluding hydrogens is 451 g/mol. The Labute approximate surface area is 196 Å². The minimum Gasteiger partial charge on any atom is -0.486 e. The van der Waals surface area contributed by atoms with Crippen LogP contribution in [0.5, 0.6) is 5.75 Å². The van der Waals surface area contributed by atoms with E-state index < -0.39 is 17.3 Å². The summed E-state index contributed by atoms with van der Waals surface area (Å²) >= 11 is 6.04. The summed E-state index contributed by atoms with van der Waals surface area (Å²) in [5.41, 5.74) is 0.401. The molecule has 0 aromatic heterocycles. The monoisotopic (exact) mass is 476 g/mol. The maximum Gasteiger partial charge on any atom is 0.259 e. The number of nitrogens with one attached hydrogen (secondary N) is 1. The second-order valence-electron chi connectivity index (χ2n) is 8.17. The zero-order valence-corrected chi connectivity index (χ0v) is 19.6. The molecule has 0 fully saturated rings. The van der Waals surface area contributed by atoms with Gasteiger partial charge in [0, 0.05) is 25.6 Å². The van der Waals surface area contributed by atoms with Gasteiger partial charge in [-0.25, -0.2) is 9.40 Å². The van der Waals surface area contributed by atoms with Crippen LogP contribution in [0.25, 0.3) is 0 Å². The van der Waals surface area contributed by atoms with Gasteiger partial charge in [0.1, 0.15) is 23.8 Å². The molecule has 1 aliphatic heterocycles. The van der Waals surface area contributed by atoms with Gasteiger partial charge in [0.15, 0.2) is 5.84 Å². The topological polar surface area (TPSA) is 94.5 Å². The largest absolute Gasteiger partial charge is 0.486 e. The van der Waals surface area contributed by atoms with Crippen LogP contribution in [-0.2, 0) is 11.2 Å². The fourth-order valence-corrected chi connectivity index (χ4v) is 3.71. The molecule has 10 heteroatoms. The van der Waals surface area contributed by atoms with Gasteiger partial charge in [0.25, 0.3) is 5.91 Å². The van der Waals surface area contributed by atoms with E-state index in [4.69, 9.17) is 16.3 Å². The summed E-state index contributed by atoms with van der Waals surface area (Å²) in [7, 11) is 1.75. The Balaban J connectivity index is 2.05. The standard InChI is InChI=1S/C23H26ClFN4O4/c1-5-28(4)19(12-30)27-29(13-31)18-10-9-14(21-15(18)11-23(2,3)33-21)22(32)26-20-16(24)7-6-8-17(20)25/h6-10,13,30H,5,11-12H2,1-4H3,(H,26,32)/b27-19-. The lowest BCUT2D eigenvalue weighted by atomic mass is 9.98. The lowest BCUT2D eigenvalue weighted by molar-refractivity contribution is -0.107. The van der Waals surface area contributed by atoms with Gasteiger partial charge in [-0.15, -0.1) is 5.10 Å². The first-order chi connectivity index (χ1) is 15.6. The molecule has 3 rings (SSSR count). The normalized spacial score (nSPS) is 14.3. The van der Waals surface area contributed by atoms with Gasteiger partial charge in [-0.1, -0.05) is 17.7 Å². The number of likely N-dealkylation sites (N-methyl/N-ethyl adjacent to an activating group) is 1. The van der Waals surface area contributed by atoms with Gasteiger partial charge in [-0.05, 0) is 45.0 Å². The number of carbonyl (C=O) groups excluding carboxylic acids is 2. The maximum absolute atomic E-state index is 14.2. The summed E-state index contributed by atoms with van der Waals surface area (Å²) in [4.78, 5) is 26.6. The van der Waals surface area contributed by atoms with Crippen molar-refractivity contribution in [1.82, 2.24) is 4.90 Å². The number of halogens is 2. The van der Waals surface area contributed by atoms with E-state index in [1.807, 2.05) is 20.8 Å². The van der Waals surface area contributed by atoms with Crippen LogP contribution in [-0.4, -0.2) is 54.0 Å². The van der Waals surface area contributed by atoms with Crippen molar-refractivity contribution in [1.29, 1.82) is 0 Å². The zero-order valence-electron chi connectivity index (χ0n) is 18.9. The van der Waals surface area contributed by atoms with Crippen molar-refractivity contribution in [2.75, 3.05) is 30.5 Å². The van der Waals surface area contributed by atoms with E-state index in [0.717, 1.165) is 5.01 Å². The minimum absolute atomic E-state index is 0.0657. The Bertz CT molecular complexity index is 1090. The van der Waals surface area contributed by atoms with Crippen molar-refractivity contribution < 1.29 is 23.8 Å². The number of hydrazone groups is 1. The van der Waals surface area contributed by atoms with Crippen molar-refractivity contribution >= 4 is 41.1 Å². The molecule has 2 aromatic rings. The van der Waals surface area contributed by atoms with Crippen molar-refractivity contribution in [3.8, 4) is 5.75 Å². The van der Waals surface area contributed by atoms with Crippen molar-refractivity contribution in [2.24, 2.45) is 5.10 Å². The van der Waals surface area contributed by atoms with Gasteiger partial charge < -0.3 is 20.1 Å². The number of anilines is 2. The third-order valence-electron chi connectivity index (χ3n) is 5.29. The number of ether oxygens (including phenoxy) is 1. The highest BCUT2D eigenvalue weighted by Crippen LogP contribution is 2.43. The second-order valence-corrected chi connectivity index (χ2v) is 8.57. The van der Waals surface area contributed by atoms with Crippen molar-refractivity contribution in [3.05, 3.63) is 52.3 Å². The molecule has 0 radical (unpaired) electrons. The first-order valence-corrected chi connectivity index (χ1v) is 10.7. The number of para-hydroxylation sites is 1. The lowest BCUT2D eigenvalue weighted by Crippen LogP contribution is -2.32. The van der Waals surface area contributed by atoms with Crippen LogP contribution in [0.4, 0.5) is 15.8 Å². The first-order valence-electron chi connectivity index (χ1n) is 10.4. The smallest absolute Gasteiger partial charge is 0.259 e. The van der Waals surface area contributed by atoms with Crippen molar-refractivity contribution in [2.45, 2.75) is 32.8 Å². The number of hydrogen-bond acceptors (Lipinski definition) is 5. The summed E-state index contributed by atoms with van der Waals surface area (Å²) < 4.78 is 20.2. The molecule has 8 nitrogen and oxygen atoms in total. The number of nitrogens with zero attached hydrogens (tertiary/aromatic N) is 3. The SMILES string of the molecule is CCN(C)/C(CO)=N\N(C=O)c1ccc(C(=O)Nc2c(F)cccc2Cl)c2c1CC(C)(C)O2. The van der Waals surface area contributed by atoms with E-state index in [-0.39, 0.29) is 28.6 Å². The Morgan fingerprint density at radius 3 is 2.70 bits per heavy atom. The van der Waals surface area contributed by atoms with E-state index in [0.29, 0.717) is 36.5 Å². The van der Waals surface area contributed by atoms with E-state index >= 15 is 0 Å². The molecule has 0 aliphatic carbocycles. The molecule has 0 spiro atoms. The molecular formula is C23H26ClFN4O4. The number of amides is 2. The van der Waals surface area contributed by atoms with Gasteiger partial charge in [0.2, 0.25) is 6.41 Å². The minimum atomic E-state index is -0.664. The third-order valence-corrected chi connectivity index (χ3v) is 5.60. The average Bonchev–Trinajstić information content (AvgIpc) is 3.11. The molecule has 176 valence electrons. The number of rotatable bonds is 7. The van der Waals surface area contributed by atoms with Crippen LogP contribution in [0.2, 0.25) is 5.02 Å². The lowest BCUT2D eigenvalue weighted by Gasteiger charge is -2.22. The number of carbonyl (C=O) groups is 2. The zero-order chi connectivity index (χ0) is 24.3. The number of aliphatic hydroxyl groups excluding tert-OH is 1. The van der Waals surface area contributed by atoms with Crippen molar-refractivity contribution in [3.63, 3.8) is 0 Å². The third kappa shape index (κ3) is 5.09. The first kappa shape index (κ1) is 24.5. The van der Waals surface area contributed by atoms with E-state index in [1.165, 1.54) is 24.3 Å². The fraction of sp³-hybridized carbons (Fsp3) is 0.348. The molecule has 0 bridgehead atoms. The fourth-order valence-electron chi connectivity index (χ4n) is 3.50. The summed E-state index contributed by atoms with van der Waals surface area (Å²) in [6, 6.07) is 7.16. The Hall–Kier alpha value is -3.17. The van der Waals surface area contributed by atoms with Crippen LogP contribution < -0.4 is 15.1 Å². The van der Waals surface area contributed by atoms with Crippen LogP contribution >= 0.6 is 11.6 Å². The summed E-state index contributed by atoms with van der Waals surface area (Å²) in [6.07, 6.45) is 0.927. The molecule has 2 N–H and O–H groups in total. The summed E-state index contributed by atoms with van der Waals surface area (Å²) in [5, 5.41) is 17.6. The highest BCUT2D eigenvalue weighted by Gasteiger charge is 2.36. The molecule has 0 atom stereocenters. The number of amidine groups is 1. The van der Waals surface area contributed by atoms with Gasteiger partial charge >= 0.3 is 0 Å². The van der Waals surface area contributed by atoms with Crippen LogP contribution in [0.1, 0.15) is 36.7 Å². The van der Waals surface area contributed by atoms with Gasteiger partial charge in [0.05, 0.1) is 22.0 Å². The highest BCUT2D eigenvalue weighted by atomic mass is 35.5. The summed E-state index contributed by atoms with van der Waals surface area (Å²) in [6.45, 7) is 5.82. The predicted octanol–water partition coefficient (Wildman–Crippen LogP) is 3.67. The number of aliphatic hydroxyl groups is 1. The van der Waals surface area contributed by atoms with Gasteiger partial charge in [-0.3, -0.25) is 9.59 Å². The van der Waals surface area contributed by atoms with Crippen LogP contribution in [0.15, 0.2) is 35.4 Å². The molecule has 0 saturated carbocycles. The molecule has 1 heterocycles. The number of fused-ring (bicyclic) bond motifs is 1. The van der Waals surface area contributed by atoms with E-state index in [1.54, 1.807) is 18.0 Å².